The molecule has 3 atom stereocenters. The first-order chi connectivity index (χ1) is 9.64. The topological polar surface area (TPSA) is 49.3 Å². The van der Waals surface area contributed by atoms with Crippen LogP contribution in [-0.2, 0) is 4.79 Å². The molecule has 0 saturated heterocycles. The third-order valence-corrected chi connectivity index (χ3v) is 5.96. The van der Waals surface area contributed by atoms with Crippen molar-refractivity contribution in [1.29, 1.82) is 0 Å². The molecule has 0 aromatic rings. The lowest BCUT2D eigenvalue weighted by molar-refractivity contribution is -0.130. The molecule has 0 radical (unpaired) electrons. The lowest BCUT2D eigenvalue weighted by atomic mass is 9.67. The van der Waals surface area contributed by atoms with Crippen molar-refractivity contribution in [2.45, 2.75) is 77.2 Å². The zero-order chi connectivity index (χ0) is 14.6. The first kappa shape index (κ1) is 15.8. The summed E-state index contributed by atoms with van der Waals surface area (Å²) in [4.78, 5) is 12.5. The molecule has 3 unspecified atom stereocenters. The van der Waals surface area contributed by atoms with Crippen molar-refractivity contribution in [3.8, 4) is 0 Å². The fourth-order valence-electron chi connectivity index (χ4n) is 4.16. The third kappa shape index (κ3) is 3.36. The van der Waals surface area contributed by atoms with Gasteiger partial charge in [0.05, 0.1) is 12.1 Å². The minimum atomic E-state index is -0.402. The molecule has 2 aliphatic rings. The number of carbonyl (C=O) groups excluding carboxylic acids is 1. The second kappa shape index (κ2) is 6.93. The summed E-state index contributed by atoms with van der Waals surface area (Å²) in [6.07, 6.45) is 10.4. The second-order valence-electron chi connectivity index (χ2n) is 6.95. The van der Waals surface area contributed by atoms with E-state index in [2.05, 4.69) is 5.32 Å². The molecule has 0 heterocycles. The molecule has 20 heavy (non-hydrogen) atoms. The number of amides is 1. The van der Waals surface area contributed by atoms with E-state index in [1.165, 1.54) is 32.1 Å². The van der Waals surface area contributed by atoms with E-state index in [1.54, 1.807) is 0 Å². The summed E-state index contributed by atoms with van der Waals surface area (Å²) in [6.45, 7) is 4.13. The smallest absolute Gasteiger partial charge is 0.223 e. The molecule has 0 aromatic heterocycles. The normalized spacial score (nSPS) is 30.6. The number of hydrogen-bond donors (Lipinski definition) is 2. The van der Waals surface area contributed by atoms with Crippen molar-refractivity contribution >= 4 is 5.91 Å². The Hall–Kier alpha value is -0.570. The van der Waals surface area contributed by atoms with Crippen molar-refractivity contribution in [2.75, 3.05) is 6.61 Å². The van der Waals surface area contributed by atoms with E-state index in [4.69, 9.17) is 0 Å². The summed E-state index contributed by atoms with van der Waals surface area (Å²) in [7, 11) is 0. The Bertz CT molecular complexity index is 317. The van der Waals surface area contributed by atoms with Crippen LogP contribution in [0.3, 0.4) is 0 Å². The van der Waals surface area contributed by atoms with Crippen LogP contribution >= 0.6 is 0 Å². The summed E-state index contributed by atoms with van der Waals surface area (Å²) in [5.41, 5.74) is -0.402. The van der Waals surface area contributed by atoms with Crippen LogP contribution < -0.4 is 5.32 Å². The molecule has 3 nitrogen and oxygen atoms in total. The average Bonchev–Trinajstić information content (AvgIpc) is 2.52. The molecule has 2 fully saturated rings. The minimum Gasteiger partial charge on any atom is -0.394 e. The SMILES string of the molecule is CCC(CC)(CO)NC(=O)C1CCC2CCCCC2C1. The number of rotatable bonds is 5. The van der Waals surface area contributed by atoms with E-state index < -0.39 is 5.54 Å². The molecule has 116 valence electrons. The molecular formula is C17H31NO2. The summed E-state index contributed by atoms with van der Waals surface area (Å²) in [5, 5.41) is 12.8. The van der Waals surface area contributed by atoms with E-state index in [0.29, 0.717) is 0 Å². The highest BCUT2D eigenvalue weighted by atomic mass is 16.3. The second-order valence-corrected chi connectivity index (χ2v) is 6.95. The van der Waals surface area contributed by atoms with Gasteiger partial charge in [-0.15, -0.1) is 0 Å². The molecule has 0 aliphatic heterocycles. The van der Waals surface area contributed by atoms with E-state index in [0.717, 1.165) is 37.5 Å². The zero-order valence-corrected chi connectivity index (χ0v) is 13.2. The first-order valence-corrected chi connectivity index (χ1v) is 8.57. The van der Waals surface area contributed by atoms with Crippen molar-refractivity contribution in [1.82, 2.24) is 5.32 Å². The van der Waals surface area contributed by atoms with E-state index in [9.17, 15) is 9.90 Å². The number of aliphatic hydroxyl groups excluding tert-OH is 1. The zero-order valence-electron chi connectivity index (χ0n) is 13.2. The van der Waals surface area contributed by atoms with Crippen LogP contribution in [0.25, 0.3) is 0 Å². The number of fused-ring (bicyclic) bond motifs is 1. The third-order valence-electron chi connectivity index (χ3n) is 5.96. The van der Waals surface area contributed by atoms with Crippen molar-refractivity contribution < 1.29 is 9.90 Å². The summed E-state index contributed by atoms with van der Waals surface area (Å²) in [6, 6.07) is 0. The molecule has 0 aromatic carbocycles. The van der Waals surface area contributed by atoms with Gasteiger partial charge in [0.1, 0.15) is 0 Å². The van der Waals surface area contributed by atoms with Crippen LogP contribution in [0.1, 0.15) is 71.6 Å². The van der Waals surface area contributed by atoms with Gasteiger partial charge in [0.15, 0.2) is 0 Å². The predicted molar refractivity (Wildman–Crippen MR) is 81.3 cm³/mol. The Labute approximate surface area is 123 Å². The van der Waals surface area contributed by atoms with E-state index in [1.807, 2.05) is 13.8 Å². The van der Waals surface area contributed by atoms with Crippen molar-refractivity contribution in [2.24, 2.45) is 17.8 Å². The number of nitrogens with one attached hydrogen (secondary N) is 1. The van der Waals surface area contributed by atoms with Crippen LogP contribution in [0.4, 0.5) is 0 Å². The van der Waals surface area contributed by atoms with Gasteiger partial charge in [-0.25, -0.2) is 0 Å². The van der Waals surface area contributed by atoms with Crippen LogP contribution in [0.15, 0.2) is 0 Å². The monoisotopic (exact) mass is 281 g/mol. The van der Waals surface area contributed by atoms with Gasteiger partial charge in [-0.2, -0.15) is 0 Å². The fourth-order valence-corrected chi connectivity index (χ4v) is 4.16. The standard InChI is InChI=1S/C17H31NO2/c1-3-17(4-2,12-19)18-16(20)15-10-9-13-7-5-6-8-14(13)11-15/h13-15,19H,3-12H2,1-2H3,(H,18,20). The lowest BCUT2D eigenvalue weighted by Crippen LogP contribution is -2.53. The average molecular weight is 281 g/mol. The van der Waals surface area contributed by atoms with Gasteiger partial charge < -0.3 is 10.4 Å². The van der Waals surface area contributed by atoms with Gasteiger partial charge in [-0.05, 0) is 43.9 Å². The van der Waals surface area contributed by atoms with Gasteiger partial charge in [-0.3, -0.25) is 4.79 Å². The highest BCUT2D eigenvalue weighted by molar-refractivity contribution is 5.79. The molecule has 2 saturated carbocycles. The van der Waals surface area contributed by atoms with Gasteiger partial charge >= 0.3 is 0 Å². The van der Waals surface area contributed by atoms with Crippen LogP contribution in [-0.4, -0.2) is 23.2 Å². The van der Waals surface area contributed by atoms with Gasteiger partial charge in [0.2, 0.25) is 5.91 Å². The Morgan fingerprint density at radius 2 is 1.75 bits per heavy atom. The highest BCUT2D eigenvalue weighted by Gasteiger charge is 2.37. The molecule has 0 spiro atoms. The molecule has 3 heteroatoms. The number of aliphatic hydroxyl groups is 1. The fraction of sp³-hybridized carbons (Fsp3) is 0.941. The van der Waals surface area contributed by atoms with Crippen LogP contribution in [0, 0.1) is 17.8 Å². The molecule has 2 aliphatic carbocycles. The number of hydrogen-bond acceptors (Lipinski definition) is 2. The largest absolute Gasteiger partial charge is 0.394 e. The lowest BCUT2D eigenvalue weighted by Gasteiger charge is -2.40. The summed E-state index contributed by atoms with van der Waals surface area (Å²) < 4.78 is 0. The molecule has 1 amide bonds. The van der Waals surface area contributed by atoms with Gasteiger partial charge in [0.25, 0.3) is 0 Å². The Kier molecular flexibility index (Phi) is 5.48. The first-order valence-electron chi connectivity index (χ1n) is 8.57. The Morgan fingerprint density at radius 1 is 1.10 bits per heavy atom. The maximum Gasteiger partial charge on any atom is 0.223 e. The molecule has 0 bridgehead atoms. The van der Waals surface area contributed by atoms with Crippen LogP contribution in [0.5, 0.6) is 0 Å². The molecule has 2 N–H and O–H groups in total. The van der Waals surface area contributed by atoms with Crippen molar-refractivity contribution in [3.63, 3.8) is 0 Å². The minimum absolute atomic E-state index is 0.0461. The predicted octanol–water partition coefficient (Wildman–Crippen LogP) is 3.26. The molecule has 2 rings (SSSR count). The van der Waals surface area contributed by atoms with Gasteiger partial charge in [-0.1, -0.05) is 39.5 Å². The highest BCUT2D eigenvalue weighted by Crippen LogP contribution is 2.42. The molecular weight excluding hydrogens is 250 g/mol. The maximum absolute atomic E-state index is 12.5. The van der Waals surface area contributed by atoms with E-state index in [-0.39, 0.29) is 18.4 Å². The van der Waals surface area contributed by atoms with Crippen LogP contribution in [0.2, 0.25) is 0 Å². The quantitative estimate of drug-likeness (QED) is 0.812. The van der Waals surface area contributed by atoms with E-state index >= 15 is 0 Å². The van der Waals surface area contributed by atoms with Gasteiger partial charge in [0, 0.05) is 5.92 Å². The Morgan fingerprint density at radius 3 is 2.35 bits per heavy atom. The summed E-state index contributed by atoms with van der Waals surface area (Å²) >= 11 is 0. The Balaban J connectivity index is 1.92. The van der Waals surface area contributed by atoms with Crippen molar-refractivity contribution in [3.05, 3.63) is 0 Å². The summed E-state index contributed by atoms with van der Waals surface area (Å²) in [5.74, 6) is 2.03. The maximum atomic E-state index is 12.5. The number of carbonyl (C=O) groups is 1.